The molecule has 0 aromatic heterocycles. The summed E-state index contributed by atoms with van der Waals surface area (Å²) in [5.74, 6) is -0.865. The van der Waals surface area contributed by atoms with E-state index in [1.165, 1.54) is 12.1 Å². The van der Waals surface area contributed by atoms with Crippen molar-refractivity contribution in [1.82, 2.24) is 0 Å². The Morgan fingerprint density at radius 1 is 1.55 bits per heavy atom. The summed E-state index contributed by atoms with van der Waals surface area (Å²) >= 11 is 0. The number of nitrogens with zero attached hydrogens (tertiary/aromatic N) is 2. The monoisotopic (exact) mass is 303 g/mol. The lowest BCUT2D eigenvalue weighted by molar-refractivity contribution is -0.384. The lowest BCUT2D eigenvalue weighted by Crippen LogP contribution is -2.22. The van der Waals surface area contributed by atoms with Gasteiger partial charge < -0.3 is 10.1 Å². The van der Waals surface area contributed by atoms with E-state index in [0.29, 0.717) is 0 Å². The topological polar surface area (TPSA) is 122 Å². The van der Waals surface area contributed by atoms with Crippen molar-refractivity contribution in [2.24, 2.45) is 11.8 Å². The Balaban J connectivity index is 1.95. The van der Waals surface area contributed by atoms with Gasteiger partial charge in [0.25, 0.3) is 11.6 Å². The Kier molecular flexibility index (Phi) is 4.36. The number of carbonyl (C=O) groups excluding carboxylic acids is 2. The van der Waals surface area contributed by atoms with Gasteiger partial charge in [0, 0.05) is 12.1 Å². The standard InChI is InChI=1S/C14H13N3O5/c1-8-4-11(8)14(19)22-7-13(18)16-12-3-2-10(17(20)21)5-9(12)6-15/h2-3,5,8,11H,4,7H2,1H3,(H,16,18). The van der Waals surface area contributed by atoms with E-state index in [0.717, 1.165) is 12.5 Å². The molecule has 114 valence electrons. The molecule has 2 rings (SSSR count). The molecule has 0 heterocycles. The number of rotatable bonds is 5. The first-order chi connectivity index (χ1) is 10.4. The number of esters is 1. The van der Waals surface area contributed by atoms with Crippen LogP contribution in [0.25, 0.3) is 0 Å². The molecule has 1 aliphatic rings. The fourth-order valence-corrected chi connectivity index (χ4v) is 1.93. The Hall–Kier alpha value is -2.95. The second-order valence-corrected chi connectivity index (χ2v) is 5.07. The van der Waals surface area contributed by atoms with Crippen molar-refractivity contribution < 1.29 is 19.2 Å². The maximum Gasteiger partial charge on any atom is 0.309 e. The minimum atomic E-state index is -0.634. The van der Waals surface area contributed by atoms with Gasteiger partial charge in [-0.25, -0.2) is 0 Å². The molecule has 0 spiro atoms. The SMILES string of the molecule is CC1CC1C(=O)OCC(=O)Nc1ccc([N+](=O)[O-])cc1C#N. The largest absolute Gasteiger partial charge is 0.455 e. The first-order valence-corrected chi connectivity index (χ1v) is 6.57. The maximum atomic E-state index is 11.7. The molecule has 0 radical (unpaired) electrons. The van der Waals surface area contributed by atoms with E-state index in [4.69, 9.17) is 10.00 Å². The van der Waals surface area contributed by atoms with Crippen LogP contribution < -0.4 is 5.32 Å². The average Bonchev–Trinajstić information content (AvgIpc) is 3.22. The summed E-state index contributed by atoms with van der Waals surface area (Å²) in [5, 5.41) is 22.0. The molecule has 22 heavy (non-hydrogen) atoms. The highest BCUT2D eigenvalue weighted by molar-refractivity contribution is 5.94. The van der Waals surface area contributed by atoms with Crippen LogP contribution in [0.15, 0.2) is 18.2 Å². The lowest BCUT2D eigenvalue weighted by atomic mass is 10.1. The van der Waals surface area contributed by atoms with E-state index in [1.807, 2.05) is 6.92 Å². The molecule has 1 fully saturated rings. The molecular formula is C14H13N3O5. The van der Waals surface area contributed by atoms with Gasteiger partial charge in [-0.1, -0.05) is 6.92 Å². The maximum absolute atomic E-state index is 11.7. The van der Waals surface area contributed by atoms with Crippen LogP contribution in [0.1, 0.15) is 18.9 Å². The lowest BCUT2D eigenvalue weighted by Gasteiger charge is -2.07. The quantitative estimate of drug-likeness (QED) is 0.501. The number of nitro benzene ring substituents is 1. The molecule has 1 aromatic carbocycles. The predicted octanol–water partition coefficient (Wildman–Crippen LogP) is 1.60. The number of hydrogen-bond acceptors (Lipinski definition) is 6. The van der Waals surface area contributed by atoms with Gasteiger partial charge in [-0.15, -0.1) is 0 Å². The van der Waals surface area contributed by atoms with Crippen LogP contribution in [-0.2, 0) is 14.3 Å². The summed E-state index contributed by atoms with van der Waals surface area (Å²) in [6.45, 7) is 1.46. The zero-order valence-electron chi connectivity index (χ0n) is 11.7. The van der Waals surface area contributed by atoms with Crippen LogP contribution in [0.3, 0.4) is 0 Å². The number of nitro groups is 1. The molecular weight excluding hydrogens is 290 g/mol. The van der Waals surface area contributed by atoms with Crippen LogP contribution in [0, 0.1) is 33.3 Å². The minimum Gasteiger partial charge on any atom is -0.455 e. The number of non-ortho nitro benzene ring substituents is 1. The third kappa shape index (κ3) is 3.58. The molecule has 1 aromatic rings. The minimum absolute atomic E-state index is 0.0373. The van der Waals surface area contributed by atoms with Crippen molar-refractivity contribution in [3.63, 3.8) is 0 Å². The normalized spacial score (nSPS) is 18.9. The van der Waals surface area contributed by atoms with Crippen molar-refractivity contribution in [1.29, 1.82) is 5.26 Å². The molecule has 0 aliphatic heterocycles. The number of anilines is 1. The number of ether oxygens (including phenoxy) is 1. The third-order valence-corrected chi connectivity index (χ3v) is 3.37. The van der Waals surface area contributed by atoms with Crippen molar-refractivity contribution in [2.75, 3.05) is 11.9 Å². The molecule has 2 unspecified atom stereocenters. The zero-order valence-corrected chi connectivity index (χ0v) is 11.7. The Morgan fingerprint density at radius 2 is 2.23 bits per heavy atom. The number of carbonyl (C=O) groups is 2. The molecule has 2 atom stereocenters. The highest BCUT2D eigenvalue weighted by atomic mass is 16.6. The summed E-state index contributed by atoms with van der Waals surface area (Å²) in [5.41, 5.74) is -0.151. The number of nitriles is 1. The van der Waals surface area contributed by atoms with Gasteiger partial charge in [0.05, 0.1) is 22.1 Å². The highest BCUT2D eigenvalue weighted by Crippen LogP contribution is 2.38. The van der Waals surface area contributed by atoms with Gasteiger partial charge in [0.1, 0.15) is 6.07 Å². The average molecular weight is 303 g/mol. The molecule has 1 saturated carbocycles. The molecule has 1 aliphatic carbocycles. The second-order valence-electron chi connectivity index (χ2n) is 5.07. The fourth-order valence-electron chi connectivity index (χ4n) is 1.93. The summed E-state index contributed by atoms with van der Waals surface area (Å²) < 4.78 is 4.86. The van der Waals surface area contributed by atoms with Crippen LogP contribution in [-0.4, -0.2) is 23.4 Å². The predicted molar refractivity (Wildman–Crippen MR) is 74.7 cm³/mol. The van der Waals surface area contributed by atoms with Gasteiger partial charge in [0.2, 0.25) is 0 Å². The van der Waals surface area contributed by atoms with Crippen molar-refractivity contribution >= 4 is 23.3 Å². The zero-order chi connectivity index (χ0) is 16.3. The molecule has 1 N–H and O–H groups in total. The Bertz CT molecular complexity index is 680. The Morgan fingerprint density at radius 3 is 2.77 bits per heavy atom. The second kappa shape index (κ2) is 6.22. The Labute approximate surface area is 125 Å². The molecule has 8 heteroatoms. The molecule has 1 amide bonds. The van der Waals surface area contributed by atoms with Crippen LogP contribution in [0.2, 0.25) is 0 Å². The summed E-state index contributed by atoms with van der Waals surface area (Å²) in [6.07, 6.45) is 0.765. The van der Waals surface area contributed by atoms with Gasteiger partial charge in [-0.05, 0) is 18.4 Å². The third-order valence-electron chi connectivity index (χ3n) is 3.37. The summed E-state index contributed by atoms with van der Waals surface area (Å²) in [6, 6.07) is 5.27. The molecule has 8 nitrogen and oxygen atoms in total. The molecule has 0 bridgehead atoms. The fraction of sp³-hybridized carbons (Fsp3) is 0.357. The van der Waals surface area contributed by atoms with E-state index < -0.39 is 23.4 Å². The van der Waals surface area contributed by atoms with E-state index in [9.17, 15) is 19.7 Å². The van der Waals surface area contributed by atoms with Crippen molar-refractivity contribution in [3.05, 3.63) is 33.9 Å². The molecule has 0 saturated heterocycles. The van der Waals surface area contributed by atoms with Crippen molar-refractivity contribution in [2.45, 2.75) is 13.3 Å². The van der Waals surface area contributed by atoms with Crippen molar-refractivity contribution in [3.8, 4) is 6.07 Å². The number of hydrogen-bond donors (Lipinski definition) is 1. The number of benzene rings is 1. The van der Waals surface area contributed by atoms with E-state index in [2.05, 4.69) is 5.32 Å². The van der Waals surface area contributed by atoms with Crippen LogP contribution in [0.4, 0.5) is 11.4 Å². The number of nitrogens with one attached hydrogen (secondary N) is 1. The van der Waals surface area contributed by atoms with Gasteiger partial charge in [-0.2, -0.15) is 5.26 Å². The van der Waals surface area contributed by atoms with E-state index in [1.54, 1.807) is 6.07 Å². The highest BCUT2D eigenvalue weighted by Gasteiger charge is 2.40. The van der Waals surface area contributed by atoms with E-state index in [-0.39, 0.29) is 28.8 Å². The first-order valence-electron chi connectivity index (χ1n) is 6.57. The smallest absolute Gasteiger partial charge is 0.309 e. The van der Waals surface area contributed by atoms with Crippen LogP contribution >= 0.6 is 0 Å². The van der Waals surface area contributed by atoms with Crippen LogP contribution in [0.5, 0.6) is 0 Å². The first kappa shape index (κ1) is 15.4. The van der Waals surface area contributed by atoms with E-state index >= 15 is 0 Å². The summed E-state index contributed by atoms with van der Waals surface area (Å²) in [7, 11) is 0. The van der Waals surface area contributed by atoms with Gasteiger partial charge in [0.15, 0.2) is 6.61 Å². The van der Waals surface area contributed by atoms with Gasteiger partial charge in [-0.3, -0.25) is 19.7 Å². The number of amides is 1. The van der Waals surface area contributed by atoms with Gasteiger partial charge >= 0.3 is 5.97 Å². The summed E-state index contributed by atoms with van der Waals surface area (Å²) in [4.78, 5) is 33.2.